The van der Waals surface area contributed by atoms with Gasteiger partial charge >= 0.3 is 0 Å². The number of rotatable bonds is 5. The third-order valence-electron chi connectivity index (χ3n) is 2.13. The van der Waals surface area contributed by atoms with Crippen LogP contribution < -0.4 is 5.32 Å². The highest BCUT2D eigenvalue weighted by Gasteiger charge is 2.22. The summed E-state index contributed by atoms with van der Waals surface area (Å²) in [7, 11) is 0. The average Bonchev–Trinajstić information content (AvgIpc) is 2.70. The monoisotopic (exact) mass is 169 g/mol. The van der Waals surface area contributed by atoms with Crippen LogP contribution in [0.25, 0.3) is 0 Å². The van der Waals surface area contributed by atoms with E-state index < -0.39 is 0 Å². The normalized spacial score (nSPS) is 16.6. The van der Waals surface area contributed by atoms with Crippen LogP contribution >= 0.6 is 0 Å². The Hall–Kier alpha value is -0.530. The van der Waals surface area contributed by atoms with Crippen molar-refractivity contribution in [2.24, 2.45) is 5.92 Å². The molecule has 0 spiro atoms. The second-order valence-corrected chi connectivity index (χ2v) is 4.13. The molecule has 2 heteroatoms. The summed E-state index contributed by atoms with van der Waals surface area (Å²) in [5, 5.41) is 2.99. The van der Waals surface area contributed by atoms with Crippen LogP contribution in [-0.4, -0.2) is 11.9 Å². The second kappa shape index (κ2) is 4.48. The van der Waals surface area contributed by atoms with E-state index >= 15 is 0 Å². The number of carbonyl (C=O) groups is 1. The summed E-state index contributed by atoms with van der Waals surface area (Å²) < 4.78 is 0. The maximum Gasteiger partial charge on any atom is 0.220 e. The first-order chi connectivity index (χ1) is 5.68. The van der Waals surface area contributed by atoms with E-state index in [2.05, 4.69) is 19.2 Å². The molecule has 1 N–H and O–H groups in total. The van der Waals surface area contributed by atoms with Gasteiger partial charge in [-0.1, -0.05) is 20.3 Å². The Morgan fingerprint density at radius 3 is 2.67 bits per heavy atom. The fourth-order valence-electron chi connectivity index (χ4n) is 1.20. The minimum atomic E-state index is 0.248. The molecule has 0 aromatic carbocycles. The van der Waals surface area contributed by atoms with Crippen molar-refractivity contribution in [3.63, 3.8) is 0 Å². The first-order valence-corrected chi connectivity index (χ1v) is 4.98. The summed E-state index contributed by atoms with van der Waals surface area (Å²) in [4.78, 5) is 11.2. The van der Waals surface area contributed by atoms with Gasteiger partial charge in [0, 0.05) is 12.5 Å². The number of hydrogen-bond donors (Lipinski definition) is 1. The van der Waals surface area contributed by atoms with Crippen LogP contribution in [0.2, 0.25) is 0 Å². The van der Waals surface area contributed by atoms with E-state index in [0.717, 1.165) is 18.8 Å². The summed E-state index contributed by atoms with van der Waals surface area (Å²) in [5.41, 5.74) is 0. The molecule has 0 saturated heterocycles. The van der Waals surface area contributed by atoms with Gasteiger partial charge in [0.2, 0.25) is 5.91 Å². The van der Waals surface area contributed by atoms with Crippen LogP contribution in [0.15, 0.2) is 0 Å². The fraction of sp³-hybridized carbons (Fsp3) is 0.900. The van der Waals surface area contributed by atoms with Gasteiger partial charge in [0.25, 0.3) is 0 Å². The van der Waals surface area contributed by atoms with Crippen molar-refractivity contribution in [1.29, 1.82) is 0 Å². The van der Waals surface area contributed by atoms with Gasteiger partial charge in [-0.15, -0.1) is 0 Å². The van der Waals surface area contributed by atoms with Gasteiger partial charge in [0.05, 0.1) is 0 Å². The molecule has 1 fully saturated rings. The molecule has 70 valence electrons. The predicted molar refractivity (Wildman–Crippen MR) is 49.9 cm³/mol. The third kappa shape index (κ3) is 4.37. The quantitative estimate of drug-likeness (QED) is 0.671. The lowest BCUT2D eigenvalue weighted by atomic mass is 10.1. The Kier molecular flexibility index (Phi) is 3.57. The lowest BCUT2D eigenvalue weighted by molar-refractivity contribution is -0.121. The van der Waals surface area contributed by atoms with Crippen LogP contribution in [0.5, 0.6) is 0 Å². The third-order valence-corrected chi connectivity index (χ3v) is 2.13. The van der Waals surface area contributed by atoms with Crippen molar-refractivity contribution in [3.8, 4) is 0 Å². The fourth-order valence-corrected chi connectivity index (χ4v) is 1.20. The summed E-state index contributed by atoms with van der Waals surface area (Å²) in [6, 6.07) is 0.525. The molecule has 0 aromatic heterocycles. The molecular weight excluding hydrogens is 150 g/mol. The molecule has 2 nitrogen and oxygen atoms in total. The molecule has 1 aliphatic carbocycles. The molecule has 0 unspecified atom stereocenters. The first-order valence-electron chi connectivity index (χ1n) is 4.98. The molecule has 12 heavy (non-hydrogen) atoms. The SMILES string of the molecule is CC(C)CCCC(=O)NC1CC1. The molecule has 0 aromatic rings. The standard InChI is InChI=1S/C10H19NO/c1-8(2)4-3-5-10(12)11-9-6-7-9/h8-9H,3-7H2,1-2H3,(H,11,12). The van der Waals surface area contributed by atoms with Gasteiger partial charge in [-0.3, -0.25) is 4.79 Å². The highest BCUT2D eigenvalue weighted by atomic mass is 16.1. The lowest BCUT2D eigenvalue weighted by Gasteiger charge is -2.04. The van der Waals surface area contributed by atoms with E-state index in [1.165, 1.54) is 12.8 Å². The molecule has 1 rings (SSSR count). The highest BCUT2D eigenvalue weighted by Crippen LogP contribution is 2.18. The van der Waals surface area contributed by atoms with E-state index in [0.29, 0.717) is 12.5 Å². The second-order valence-electron chi connectivity index (χ2n) is 4.13. The molecule has 0 bridgehead atoms. The Morgan fingerprint density at radius 1 is 1.50 bits per heavy atom. The topological polar surface area (TPSA) is 29.1 Å². The van der Waals surface area contributed by atoms with Crippen molar-refractivity contribution in [1.82, 2.24) is 5.32 Å². The maximum absolute atomic E-state index is 11.2. The number of hydrogen-bond acceptors (Lipinski definition) is 1. The van der Waals surface area contributed by atoms with Crippen LogP contribution in [0.4, 0.5) is 0 Å². The summed E-state index contributed by atoms with van der Waals surface area (Å²) >= 11 is 0. The summed E-state index contributed by atoms with van der Waals surface area (Å²) in [5.74, 6) is 0.969. The van der Waals surface area contributed by atoms with Crippen LogP contribution in [-0.2, 0) is 4.79 Å². The van der Waals surface area contributed by atoms with Gasteiger partial charge in [-0.05, 0) is 25.2 Å². The van der Waals surface area contributed by atoms with Crippen molar-refractivity contribution in [3.05, 3.63) is 0 Å². The predicted octanol–water partition coefficient (Wildman–Crippen LogP) is 2.09. The Balaban J connectivity index is 1.94. The van der Waals surface area contributed by atoms with Crippen molar-refractivity contribution < 1.29 is 4.79 Å². The Bertz CT molecular complexity index is 150. The number of nitrogens with one attached hydrogen (secondary N) is 1. The molecule has 0 atom stereocenters. The largest absolute Gasteiger partial charge is 0.353 e. The van der Waals surface area contributed by atoms with Crippen LogP contribution in [0, 0.1) is 5.92 Å². The smallest absolute Gasteiger partial charge is 0.220 e. The molecule has 0 radical (unpaired) electrons. The van der Waals surface area contributed by atoms with Gasteiger partial charge < -0.3 is 5.32 Å². The van der Waals surface area contributed by atoms with E-state index in [1.54, 1.807) is 0 Å². The van der Waals surface area contributed by atoms with Crippen LogP contribution in [0.3, 0.4) is 0 Å². The zero-order valence-corrected chi connectivity index (χ0v) is 8.10. The Labute approximate surface area is 74.7 Å². The highest BCUT2D eigenvalue weighted by molar-refractivity contribution is 5.76. The molecule has 1 saturated carbocycles. The number of amides is 1. The summed E-state index contributed by atoms with van der Waals surface area (Å²) in [6.45, 7) is 4.39. The molecular formula is C10H19NO. The van der Waals surface area contributed by atoms with Gasteiger partial charge in [0.1, 0.15) is 0 Å². The Morgan fingerprint density at radius 2 is 2.17 bits per heavy atom. The maximum atomic E-state index is 11.2. The lowest BCUT2D eigenvalue weighted by Crippen LogP contribution is -2.24. The first kappa shape index (κ1) is 9.56. The van der Waals surface area contributed by atoms with E-state index in [-0.39, 0.29) is 5.91 Å². The van der Waals surface area contributed by atoms with Crippen molar-refractivity contribution >= 4 is 5.91 Å². The van der Waals surface area contributed by atoms with Crippen molar-refractivity contribution in [2.75, 3.05) is 0 Å². The van der Waals surface area contributed by atoms with E-state index in [9.17, 15) is 4.79 Å². The van der Waals surface area contributed by atoms with Crippen molar-refractivity contribution in [2.45, 2.75) is 52.0 Å². The minimum Gasteiger partial charge on any atom is -0.353 e. The molecule has 1 amide bonds. The van der Waals surface area contributed by atoms with E-state index in [4.69, 9.17) is 0 Å². The number of carbonyl (C=O) groups excluding carboxylic acids is 1. The van der Waals surface area contributed by atoms with Gasteiger partial charge in [-0.2, -0.15) is 0 Å². The summed E-state index contributed by atoms with van der Waals surface area (Å²) in [6.07, 6.45) is 5.30. The zero-order valence-electron chi connectivity index (χ0n) is 8.10. The van der Waals surface area contributed by atoms with Gasteiger partial charge in [-0.25, -0.2) is 0 Å². The average molecular weight is 169 g/mol. The van der Waals surface area contributed by atoms with Gasteiger partial charge in [0.15, 0.2) is 0 Å². The zero-order chi connectivity index (χ0) is 8.97. The molecule has 1 aliphatic rings. The van der Waals surface area contributed by atoms with E-state index in [1.807, 2.05) is 0 Å². The van der Waals surface area contributed by atoms with Crippen LogP contribution in [0.1, 0.15) is 46.0 Å². The molecule has 0 heterocycles. The molecule has 0 aliphatic heterocycles. The minimum absolute atomic E-state index is 0.248.